The number of allylic oxidation sites excluding steroid dienone is 5. The van der Waals surface area contributed by atoms with Crippen molar-refractivity contribution in [3.05, 3.63) is 34.9 Å². The number of Topliss-reactive ketones (excluding diaryl/α,β-unsaturated/α-hetero) is 2. The summed E-state index contributed by atoms with van der Waals surface area (Å²) in [5.74, 6) is -0.628. The smallest absolute Gasteiger partial charge is 0.330 e. The molecular weight excluding hydrogens is 268 g/mol. The summed E-state index contributed by atoms with van der Waals surface area (Å²) in [6, 6.07) is 0. The number of hydrogen-bond acceptors (Lipinski definition) is 4. The summed E-state index contributed by atoms with van der Waals surface area (Å²) < 4.78 is 4.47. The molecule has 2 rings (SSSR count). The van der Waals surface area contributed by atoms with Crippen molar-refractivity contribution in [1.82, 2.24) is 0 Å². The van der Waals surface area contributed by atoms with Crippen LogP contribution in [0.4, 0.5) is 0 Å². The van der Waals surface area contributed by atoms with Crippen molar-refractivity contribution >= 4 is 17.5 Å². The number of carbonyl (C=O) groups excluding carboxylic acids is 3. The zero-order valence-electron chi connectivity index (χ0n) is 12.3. The molecule has 0 aromatic heterocycles. The Morgan fingerprint density at radius 2 is 2.05 bits per heavy atom. The normalized spacial score (nSPS) is 18.5. The molecule has 0 aromatic carbocycles. The van der Waals surface area contributed by atoms with Gasteiger partial charge in [0.2, 0.25) is 0 Å². The Labute approximate surface area is 124 Å². The van der Waals surface area contributed by atoms with Gasteiger partial charge in [-0.15, -0.1) is 0 Å². The van der Waals surface area contributed by atoms with Crippen LogP contribution in [0.25, 0.3) is 0 Å². The molecule has 0 atom stereocenters. The average Bonchev–Trinajstić information content (AvgIpc) is 2.50. The number of hydrogen-bond donors (Lipinski definition) is 0. The number of methoxy groups -OCH3 is 1. The van der Waals surface area contributed by atoms with E-state index in [1.165, 1.54) is 24.3 Å². The predicted molar refractivity (Wildman–Crippen MR) is 78.6 cm³/mol. The van der Waals surface area contributed by atoms with Crippen LogP contribution in [0.3, 0.4) is 0 Å². The van der Waals surface area contributed by atoms with Crippen LogP contribution in [-0.4, -0.2) is 24.6 Å². The van der Waals surface area contributed by atoms with Gasteiger partial charge in [0, 0.05) is 18.9 Å². The number of carbonyl (C=O) groups is 3. The van der Waals surface area contributed by atoms with E-state index >= 15 is 0 Å². The third-order valence-corrected chi connectivity index (χ3v) is 3.92. The number of ketones is 2. The zero-order valence-corrected chi connectivity index (χ0v) is 12.3. The molecule has 0 unspecified atom stereocenters. The van der Waals surface area contributed by atoms with E-state index in [1.807, 2.05) is 0 Å². The first-order valence-electron chi connectivity index (χ1n) is 7.35. The highest BCUT2D eigenvalue weighted by atomic mass is 16.5. The highest BCUT2D eigenvalue weighted by Crippen LogP contribution is 2.33. The van der Waals surface area contributed by atoms with E-state index < -0.39 is 5.97 Å². The summed E-state index contributed by atoms with van der Waals surface area (Å²) in [5.41, 5.74) is 2.74. The van der Waals surface area contributed by atoms with E-state index in [-0.39, 0.29) is 18.0 Å². The molecule has 0 aliphatic heterocycles. The lowest BCUT2D eigenvalue weighted by atomic mass is 9.81. The van der Waals surface area contributed by atoms with Crippen LogP contribution in [0.1, 0.15) is 44.9 Å². The molecule has 4 heteroatoms. The molecule has 0 heterocycles. The summed E-state index contributed by atoms with van der Waals surface area (Å²) >= 11 is 0. The second-order valence-corrected chi connectivity index (χ2v) is 5.38. The lowest BCUT2D eigenvalue weighted by Gasteiger charge is -2.22. The number of esters is 1. The summed E-state index contributed by atoms with van der Waals surface area (Å²) in [6.07, 6.45) is 10.0. The Balaban J connectivity index is 1.97. The fourth-order valence-corrected chi connectivity index (χ4v) is 2.74. The van der Waals surface area contributed by atoms with E-state index in [4.69, 9.17) is 0 Å². The molecule has 2 aliphatic carbocycles. The maximum atomic E-state index is 12.1. The summed E-state index contributed by atoms with van der Waals surface area (Å²) in [5, 5.41) is 0. The van der Waals surface area contributed by atoms with Crippen molar-refractivity contribution in [1.29, 1.82) is 0 Å². The highest BCUT2D eigenvalue weighted by molar-refractivity contribution is 6.21. The van der Waals surface area contributed by atoms with Crippen LogP contribution < -0.4 is 0 Å². The maximum Gasteiger partial charge on any atom is 0.330 e. The topological polar surface area (TPSA) is 60.4 Å². The van der Waals surface area contributed by atoms with Gasteiger partial charge in [-0.2, -0.15) is 0 Å². The van der Waals surface area contributed by atoms with Gasteiger partial charge in [0.05, 0.1) is 12.7 Å². The van der Waals surface area contributed by atoms with Gasteiger partial charge in [-0.3, -0.25) is 9.59 Å². The largest absolute Gasteiger partial charge is 0.466 e. The van der Waals surface area contributed by atoms with Gasteiger partial charge in [0.25, 0.3) is 0 Å². The lowest BCUT2D eigenvalue weighted by Crippen LogP contribution is -2.19. The molecule has 0 aromatic rings. The molecule has 2 aliphatic rings. The van der Waals surface area contributed by atoms with Gasteiger partial charge in [0.1, 0.15) is 0 Å². The van der Waals surface area contributed by atoms with E-state index in [0.29, 0.717) is 18.4 Å². The number of rotatable bonds is 5. The molecule has 4 nitrogen and oxygen atoms in total. The Bertz CT molecular complexity index is 549. The highest BCUT2D eigenvalue weighted by Gasteiger charge is 2.26. The quantitative estimate of drug-likeness (QED) is 0.443. The van der Waals surface area contributed by atoms with Gasteiger partial charge in [-0.1, -0.05) is 11.6 Å². The molecule has 0 saturated heterocycles. The molecule has 0 radical (unpaired) electrons. The van der Waals surface area contributed by atoms with E-state index in [9.17, 15) is 14.4 Å². The molecule has 0 saturated carbocycles. The second-order valence-electron chi connectivity index (χ2n) is 5.38. The second kappa shape index (κ2) is 7.16. The standard InChI is InChI=1S/C17H20O4/c1-21-17(20)9-5-4-8-15(18)14-10-12-6-2-3-7-13(12)11-16(14)19/h5,9-10H,2-4,6-8,11H2,1H3/b9-5+. The summed E-state index contributed by atoms with van der Waals surface area (Å²) in [7, 11) is 1.30. The molecule has 0 spiro atoms. The van der Waals surface area contributed by atoms with Crippen molar-refractivity contribution in [3.63, 3.8) is 0 Å². The Morgan fingerprint density at radius 1 is 1.29 bits per heavy atom. The van der Waals surface area contributed by atoms with Crippen molar-refractivity contribution in [3.8, 4) is 0 Å². The van der Waals surface area contributed by atoms with E-state index in [2.05, 4.69) is 4.74 Å². The molecule has 0 bridgehead atoms. The van der Waals surface area contributed by atoms with Crippen LogP contribution in [0.2, 0.25) is 0 Å². The minimum absolute atomic E-state index is 0.0578. The van der Waals surface area contributed by atoms with Crippen LogP contribution in [0.15, 0.2) is 34.9 Å². The first-order chi connectivity index (χ1) is 10.1. The van der Waals surface area contributed by atoms with E-state index in [1.54, 1.807) is 12.2 Å². The lowest BCUT2D eigenvalue weighted by molar-refractivity contribution is -0.135. The number of ether oxygens (including phenoxy) is 1. The van der Waals surface area contributed by atoms with Gasteiger partial charge in [-0.25, -0.2) is 4.79 Å². The first kappa shape index (κ1) is 15.4. The molecule has 21 heavy (non-hydrogen) atoms. The van der Waals surface area contributed by atoms with Crippen molar-refractivity contribution in [2.75, 3.05) is 7.11 Å². The van der Waals surface area contributed by atoms with Gasteiger partial charge in [0.15, 0.2) is 11.6 Å². The van der Waals surface area contributed by atoms with Crippen LogP contribution in [-0.2, 0) is 19.1 Å². The Morgan fingerprint density at radius 3 is 2.81 bits per heavy atom. The fourth-order valence-electron chi connectivity index (χ4n) is 2.74. The van der Waals surface area contributed by atoms with Gasteiger partial charge < -0.3 is 4.74 Å². The van der Waals surface area contributed by atoms with Crippen molar-refractivity contribution < 1.29 is 19.1 Å². The first-order valence-corrected chi connectivity index (χ1v) is 7.35. The SMILES string of the molecule is COC(=O)/C=C/CCC(=O)C1=CC2=C(CCCC2)CC1=O. The minimum Gasteiger partial charge on any atom is -0.466 e. The van der Waals surface area contributed by atoms with Crippen molar-refractivity contribution in [2.24, 2.45) is 0 Å². The molecule has 0 N–H and O–H groups in total. The molecular formula is C17H20O4. The van der Waals surface area contributed by atoms with Crippen molar-refractivity contribution in [2.45, 2.75) is 44.9 Å². The van der Waals surface area contributed by atoms with E-state index in [0.717, 1.165) is 25.7 Å². The molecule has 0 fully saturated rings. The van der Waals surface area contributed by atoms with Gasteiger partial charge in [-0.05, 0) is 43.8 Å². The Kier molecular flexibility index (Phi) is 5.26. The van der Waals surface area contributed by atoms with Crippen LogP contribution >= 0.6 is 0 Å². The monoisotopic (exact) mass is 288 g/mol. The third-order valence-electron chi connectivity index (χ3n) is 3.92. The summed E-state index contributed by atoms with van der Waals surface area (Å²) in [6.45, 7) is 0. The molecule has 112 valence electrons. The van der Waals surface area contributed by atoms with Crippen LogP contribution in [0, 0.1) is 0 Å². The molecule has 0 amide bonds. The third kappa shape index (κ3) is 4.00. The fraction of sp³-hybridized carbons (Fsp3) is 0.471. The summed E-state index contributed by atoms with van der Waals surface area (Å²) in [4.78, 5) is 35.1. The minimum atomic E-state index is -0.438. The van der Waals surface area contributed by atoms with Gasteiger partial charge >= 0.3 is 5.97 Å². The zero-order chi connectivity index (χ0) is 15.2. The average molecular weight is 288 g/mol. The Hall–Kier alpha value is -1.97. The van der Waals surface area contributed by atoms with Crippen LogP contribution in [0.5, 0.6) is 0 Å². The maximum absolute atomic E-state index is 12.1. The predicted octanol–water partition coefficient (Wildman–Crippen LogP) is 2.83.